The molecule has 0 radical (unpaired) electrons. The van der Waals surface area contributed by atoms with Crippen LogP contribution in [0.25, 0.3) is 0 Å². The molecule has 0 bridgehead atoms. The summed E-state index contributed by atoms with van der Waals surface area (Å²) in [5.74, 6) is 2.03. The van der Waals surface area contributed by atoms with E-state index in [1.807, 2.05) is 0 Å². The first kappa shape index (κ1) is 21.1. The first-order valence-corrected chi connectivity index (χ1v) is 10.2. The van der Waals surface area contributed by atoms with E-state index in [2.05, 4.69) is 20.6 Å². The monoisotopic (exact) mass is 431 g/mol. The SMILES string of the molecule is COc1cc(Nc2nccc(Nc3ccccc3S(N)(=O)=O)n2)cc(OC)c1OC. The molecule has 4 N–H and O–H groups in total. The minimum Gasteiger partial charge on any atom is -0.493 e. The van der Waals surface area contributed by atoms with Crippen molar-refractivity contribution in [2.45, 2.75) is 4.90 Å². The van der Waals surface area contributed by atoms with Crippen LogP contribution in [0.15, 0.2) is 53.6 Å². The fraction of sp³-hybridized carbons (Fsp3) is 0.158. The van der Waals surface area contributed by atoms with Gasteiger partial charge < -0.3 is 24.8 Å². The predicted molar refractivity (Wildman–Crippen MR) is 113 cm³/mol. The molecular weight excluding hydrogens is 410 g/mol. The number of rotatable bonds is 8. The quantitative estimate of drug-likeness (QED) is 0.491. The molecule has 0 aliphatic carbocycles. The first-order valence-electron chi connectivity index (χ1n) is 8.64. The Bertz CT molecular complexity index is 1130. The number of benzene rings is 2. The molecule has 158 valence electrons. The van der Waals surface area contributed by atoms with Crippen LogP contribution in [0.2, 0.25) is 0 Å². The number of methoxy groups -OCH3 is 3. The Labute approximate surface area is 174 Å². The number of ether oxygens (including phenoxy) is 3. The third-order valence-corrected chi connectivity index (χ3v) is 5.00. The van der Waals surface area contributed by atoms with E-state index in [1.165, 1.54) is 33.6 Å². The highest BCUT2D eigenvalue weighted by molar-refractivity contribution is 7.89. The van der Waals surface area contributed by atoms with E-state index in [1.54, 1.807) is 36.4 Å². The lowest BCUT2D eigenvalue weighted by atomic mass is 10.2. The van der Waals surface area contributed by atoms with Gasteiger partial charge in [-0.25, -0.2) is 18.5 Å². The zero-order valence-corrected chi connectivity index (χ0v) is 17.4. The Morgan fingerprint density at radius 3 is 2.20 bits per heavy atom. The van der Waals surface area contributed by atoms with Gasteiger partial charge in [0.25, 0.3) is 0 Å². The van der Waals surface area contributed by atoms with E-state index in [9.17, 15) is 8.42 Å². The minimum absolute atomic E-state index is 0.0391. The second-order valence-electron chi connectivity index (χ2n) is 5.97. The van der Waals surface area contributed by atoms with Crippen molar-refractivity contribution >= 4 is 33.2 Å². The zero-order valence-electron chi connectivity index (χ0n) is 16.5. The van der Waals surface area contributed by atoms with Gasteiger partial charge in [-0.15, -0.1) is 0 Å². The van der Waals surface area contributed by atoms with Gasteiger partial charge in [-0.2, -0.15) is 4.98 Å². The lowest BCUT2D eigenvalue weighted by Gasteiger charge is -2.15. The van der Waals surface area contributed by atoms with Crippen LogP contribution in [0.5, 0.6) is 17.2 Å². The highest BCUT2D eigenvalue weighted by atomic mass is 32.2. The highest BCUT2D eigenvalue weighted by Crippen LogP contribution is 2.40. The summed E-state index contributed by atoms with van der Waals surface area (Å²) in [7, 11) is 0.661. The van der Waals surface area contributed by atoms with Crippen LogP contribution in [0.4, 0.5) is 23.1 Å². The summed E-state index contributed by atoms with van der Waals surface area (Å²) in [6.45, 7) is 0. The Kier molecular flexibility index (Phi) is 6.23. The molecule has 0 fully saturated rings. The Balaban J connectivity index is 1.89. The molecule has 1 aromatic heterocycles. The van der Waals surface area contributed by atoms with Gasteiger partial charge in [0.1, 0.15) is 10.7 Å². The van der Waals surface area contributed by atoms with Crippen LogP contribution in [0.1, 0.15) is 0 Å². The zero-order chi connectivity index (χ0) is 21.7. The van der Waals surface area contributed by atoms with Gasteiger partial charge >= 0.3 is 0 Å². The first-order chi connectivity index (χ1) is 14.4. The molecule has 11 heteroatoms. The van der Waals surface area contributed by atoms with Crippen LogP contribution in [-0.4, -0.2) is 39.7 Å². The van der Waals surface area contributed by atoms with Crippen molar-refractivity contribution in [1.29, 1.82) is 0 Å². The second-order valence-corrected chi connectivity index (χ2v) is 7.50. The number of nitrogens with zero attached hydrogens (tertiary/aromatic N) is 2. The maximum atomic E-state index is 11.8. The van der Waals surface area contributed by atoms with E-state index in [0.29, 0.717) is 34.4 Å². The van der Waals surface area contributed by atoms with E-state index >= 15 is 0 Å². The van der Waals surface area contributed by atoms with E-state index in [0.717, 1.165) is 0 Å². The van der Waals surface area contributed by atoms with Crippen molar-refractivity contribution in [3.8, 4) is 17.2 Å². The molecular formula is C19H21N5O5S. The Hall–Kier alpha value is -3.57. The molecule has 1 heterocycles. The molecule has 0 saturated carbocycles. The number of primary sulfonamides is 1. The number of sulfonamides is 1. The lowest BCUT2D eigenvalue weighted by Crippen LogP contribution is -2.14. The van der Waals surface area contributed by atoms with Crippen LogP contribution < -0.4 is 30.0 Å². The standard InChI is InChI=1S/C19H21N5O5S/c1-27-14-10-12(11-15(28-2)18(14)29-3)22-19-21-9-8-17(24-19)23-13-6-4-5-7-16(13)30(20,25)26/h4-11H,1-3H3,(H2,20,25,26)(H2,21,22,23,24). The summed E-state index contributed by atoms with van der Waals surface area (Å²) in [6, 6.07) is 11.3. The summed E-state index contributed by atoms with van der Waals surface area (Å²) < 4.78 is 39.6. The smallest absolute Gasteiger partial charge is 0.240 e. The average Bonchev–Trinajstić information content (AvgIpc) is 2.73. The number of hydrogen-bond acceptors (Lipinski definition) is 9. The minimum atomic E-state index is -3.90. The van der Waals surface area contributed by atoms with Crippen molar-refractivity contribution < 1.29 is 22.6 Å². The van der Waals surface area contributed by atoms with Crippen LogP contribution in [0, 0.1) is 0 Å². The van der Waals surface area contributed by atoms with Crippen LogP contribution in [-0.2, 0) is 10.0 Å². The molecule has 3 aromatic rings. The maximum absolute atomic E-state index is 11.8. The van der Waals surface area contributed by atoms with E-state index in [-0.39, 0.29) is 10.8 Å². The molecule has 0 amide bonds. The molecule has 2 aromatic carbocycles. The molecule has 0 spiro atoms. The number of aromatic nitrogens is 2. The van der Waals surface area contributed by atoms with Gasteiger partial charge in [0.15, 0.2) is 11.5 Å². The number of anilines is 4. The van der Waals surface area contributed by atoms with Crippen molar-refractivity contribution in [3.05, 3.63) is 48.7 Å². The van der Waals surface area contributed by atoms with Gasteiger partial charge in [-0.1, -0.05) is 12.1 Å². The van der Waals surface area contributed by atoms with Crippen LogP contribution in [0.3, 0.4) is 0 Å². The Morgan fingerprint density at radius 2 is 1.60 bits per heavy atom. The molecule has 10 nitrogen and oxygen atoms in total. The molecule has 30 heavy (non-hydrogen) atoms. The largest absolute Gasteiger partial charge is 0.493 e. The summed E-state index contributed by atoms with van der Waals surface area (Å²) in [5, 5.41) is 11.3. The number of hydrogen-bond donors (Lipinski definition) is 3. The van der Waals surface area contributed by atoms with Crippen molar-refractivity contribution in [2.24, 2.45) is 5.14 Å². The summed E-state index contributed by atoms with van der Waals surface area (Å²) in [4.78, 5) is 8.50. The van der Waals surface area contributed by atoms with E-state index in [4.69, 9.17) is 19.3 Å². The van der Waals surface area contributed by atoms with Crippen molar-refractivity contribution in [2.75, 3.05) is 32.0 Å². The maximum Gasteiger partial charge on any atom is 0.240 e. The third-order valence-electron chi connectivity index (χ3n) is 4.03. The molecule has 0 aliphatic heterocycles. The lowest BCUT2D eigenvalue weighted by molar-refractivity contribution is 0.324. The summed E-state index contributed by atoms with van der Waals surface area (Å²) >= 11 is 0. The second kappa shape index (κ2) is 8.84. The topological polar surface area (TPSA) is 138 Å². The van der Waals surface area contributed by atoms with Crippen LogP contribution >= 0.6 is 0 Å². The molecule has 0 atom stereocenters. The Morgan fingerprint density at radius 1 is 0.933 bits per heavy atom. The van der Waals surface area contributed by atoms with Gasteiger partial charge in [0.05, 0.1) is 27.0 Å². The fourth-order valence-electron chi connectivity index (χ4n) is 2.73. The van der Waals surface area contributed by atoms with Crippen molar-refractivity contribution in [3.63, 3.8) is 0 Å². The van der Waals surface area contributed by atoms with Gasteiger partial charge in [-0.3, -0.25) is 0 Å². The van der Waals surface area contributed by atoms with Gasteiger partial charge in [-0.05, 0) is 18.2 Å². The number of nitrogens with two attached hydrogens (primary N) is 1. The number of para-hydroxylation sites is 1. The summed E-state index contributed by atoms with van der Waals surface area (Å²) in [5.41, 5.74) is 0.907. The van der Waals surface area contributed by atoms with Gasteiger partial charge in [0, 0.05) is 24.0 Å². The summed E-state index contributed by atoms with van der Waals surface area (Å²) in [6.07, 6.45) is 1.52. The fourth-order valence-corrected chi connectivity index (χ4v) is 3.42. The molecule has 0 aliphatic rings. The van der Waals surface area contributed by atoms with Gasteiger partial charge in [0.2, 0.25) is 21.7 Å². The highest BCUT2D eigenvalue weighted by Gasteiger charge is 2.15. The molecule has 0 saturated heterocycles. The molecule has 3 rings (SSSR count). The van der Waals surface area contributed by atoms with Crippen molar-refractivity contribution in [1.82, 2.24) is 9.97 Å². The third kappa shape index (κ3) is 4.70. The normalized spacial score (nSPS) is 10.9. The predicted octanol–water partition coefficient (Wildman–Crippen LogP) is 2.64. The number of nitrogens with one attached hydrogen (secondary N) is 2. The average molecular weight is 431 g/mol. The molecule has 0 unspecified atom stereocenters. The van der Waals surface area contributed by atoms with E-state index < -0.39 is 10.0 Å².